The average molecular weight is 459 g/mol. The second-order valence-corrected chi connectivity index (χ2v) is 9.65. The molecule has 0 unspecified atom stereocenters. The lowest BCUT2D eigenvalue weighted by Gasteiger charge is -2.29. The second kappa shape index (κ2) is 9.05. The maximum atomic E-state index is 12.8. The van der Waals surface area contributed by atoms with Gasteiger partial charge in [0.2, 0.25) is 0 Å². The normalized spacial score (nSPS) is 12.7. The Morgan fingerprint density at radius 1 is 0.970 bits per heavy atom. The van der Waals surface area contributed by atoms with Crippen LogP contribution in [0, 0.1) is 6.92 Å². The Bertz CT molecular complexity index is 1310. The number of Topliss-reactive ketones (excluding diaryl/α,β-unsaturated/α-hetero) is 1. The van der Waals surface area contributed by atoms with Crippen LogP contribution >= 0.6 is 11.6 Å². The van der Waals surface area contributed by atoms with Crippen LogP contribution in [0.3, 0.4) is 0 Å². The summed E-state index contributed by atoms with van der Waals surface area (Å²) in [5.41, 5.74) is 5.96. The first-order valence-corrected chi connectivity index (χ1v) is 11.3. The molecule has 2 aromatic heterocycles. The summed E-state index contributed by atoms with van der Waals surface area (Å²) in [5.74, 6) is -0.0380. The highest BCUT2D eigenvalue weighted by atomic mass is 35.5. The van der Waals surface area contributed by atoms with E-state index in [1.54, 1.807) is 19.3 Å². The summed E-state index contributed by atoms with van der Waals surface area (Å²) in [7, 11) is 0. The van der Waals surface area contributed by atoms with Crippen molar-refractivity contribution in [3.8, 4) is 22.4 Å². The molecule has 0 aliphatic heterocycles. The van der Waals surface area contributed by atoms with E-state index in [0.717, 1.165) is 44.4 Å². The minimum Gasteiger partial charge on any atom is -0.360 e. The first-order chi connectivity index (χ1) is 15.6. The zero-order valence-corrected chi connectivity index (χ0v) is 20.3. The van der Waals surface area contributed by atoms with Crippen LogP contribution in [-0.2, 0) is 9.53 Å². The van der Waals surface area contributed by atoms with E-state index in [1.165, 1.54) is 0 Å². The Hall–Kier alpha value is -3.08. The van der Waals surface area contributed by atoms with E-state index in [9.17, 15) is 4.79 Å². The van der Waals surface area contributed by atoms with Crippen molar-refractivity contribution >= 4 is 28.3 Å². The SMILES string of the molecule is CC(=O)[C@@H](OC(C)(C)C)c1c(C)cc2nc(-c3ccncc3)ccc2c1-c1ccc(Cl)cc1. The summed E-state index contributed by atoms with van der Waals surface area (Å²) in [6, 6.07) is 17.7. The number of pyridine rings is 2. The summed E-state index contributed by atoms with van der Waals surface area (Å²) >= 11 is 6.18. The van der Waals surface area contributed by atoms with Gasteiger partial charge in [0.15, 0.2) is 5.78 Å². The number of hydrogen-bond donors (Lipinski definition) is 0. The van der Waals surface area contributed by atoms with Crippen molar-refractivity contribution in [3.63, 3.8) is 0 Å². The standard InChI is InChI=1S/C28H27ClN2O2/c1-17-16-24-22(10-11-23(31-24)19-12-14-30-15-13-19)26(20-6-8-21(29)9-7-20)25(17)27(18(2)32)33-28(3,4)5/h6-16,27H,1-5H3/t27-/m1/s1. The Morgan fingerprint density at radius 3 is 2.24 bits per heavy atom. The van der Waals surface area contributed by atoms with E-state index in [4.69, 9.17) is 21.3 Å². The second-order valence-electron chi connectivity index (χ2n) is 9.21. The van der Waals surface area contributed by atoms with Crippen LogP contribution in [0.5, 0.6) is 0 Å². The van der Waals surface area contributed by atoms with Crippen LogP contribution in [0.4, 0.5) is 0 Å². The van der Waals surface area contributed by atoms with Gasteiger partial charge in [-0.05, 0) is 93.3 Å². The van der Waals surface area contributed by atoms with Gasteiger partial charge in [-0.2, -0.15) is 0 Å². The highest BCUT2D eigenvalue weighted by Crippen LogP contribution is 2.41. The highest BCUT2D eigenvalue weighted by Gasteiger charge is 2.29. The third kappa shape index (κ3) is 4.97. The van der Waals surface area contributed by atoms with Crippen molar-refractivity contribution in [2.75, 3.05) is 0 Å². The molecule has 2 heterocycles. The molecular weight excluding hydrogens is 432 g/mol. The summed E-state index contributed by atoms with van der Waals surface area (Å²) < 4.78 is 6.29. The number of fused-ring (bicyclic) bond motifs is 1. The van der Waals surface area contributed by atoms with Crippen LogP contribution in [0.1, 0.15) is 44.9 Å². The van der Waals surface area contributed by atoms with E-state index in [1.807, 2.05) is 76.2 Å². The molecule has 0 radical (unpaired) electrons. The molecule has 33 heavy (non-hydrogen) atoms. The third-order valence-electron chi connectivity index (χ3n) is 5.45. The molecule has 0 bridgehead atoms. The summed E-state index contributed by atoms with van der Waals surface area (Å²) in [6.07, 6.45) is 2.83. The maximum absolute atomic E-state index is 12.8. The van der Waals surface area contributed by atoms with Crippen molar-refractivity contribution in [1.82, 2.24) is 9.97 Å². The Labute approximate surface area is 199 Å². The fourth-order valence-electron chi connectivity index (χ4n) is 4.07. The fraction of sp³-hybridized carbons (Fsp3) is 0.250. The Balaban J connectivity index is 2.02. The molecule has 4 nitrogen and oxygen atoms in total. The lowest BCUT2D eigenvalue weighted by molar-refractivity contribution is -0.138. The van der Waals surface area contributed by atoms with E-state index in [0.29, 0.717) is 5.02 Å². The molecule has 168 valence electrons. The predicted molar refractivity (Wildman–Crippen MR) is 134 cm³/mol. The molecule has 0 spiro atoms. The molecule has 4 rings (SSSR count). The van der Waals surface area contributed by atoms with Crippen molar-refractivity contribution in [3.05, 3.63) is 83.1 Å². The minimum atomic E-state index is -0.694. The van der Waals surface area contributed by atoms with Crippen LogP contribution in [0.15, 0.2) is 67.0 Å². The summed E-state index contributed by atoms with van der Waals surface area (Å²) in [6.45, 7) is 9.48. The van der Waals surface area contributed by atoms with Crippen LogP contribution in [0.2, 0.25) is 5.02 Å². The molecule has 4 aromatic rings. The van der Waals surface area contributed by atoms with Crippen molar-refractivity contribution in [2.24, 2.45) is 0 Å². The molecule has 0 saturated heterocycles. The van der Waals surface area contributed by atoms with E-state index < -0.39 is 11.7 Å². The third-order valence-corrected chi connectivity index (χ3v) is 5.71. The van der Waals surface area contributed by atoms with E-state index in [2.05, 4.69) is 11.1 Å². The summed E-state index contributed by atoms with van der Waals surface area (Å²) in [4.78, 5) is 21.9. The number of ether oxygens (including phenoxy) is 1. The van der Waals surface area contributed by atoms with Crippen LogP contribution in [0.25, 0.3) is 33.3 Å². The van der Waals surface area contributed by atoms with Gasteiger partial charge in [0.1, 0.15) is 6.10 Å². The van der Waals surface area contributed by atoms with Gasteiger partial charge in [-0.3, -0.25) is 9.78 Å². The molecule has 1 atom stereocenters. The molecule has 0 aliphatic rings. The topological polar surface area (TPSA) is 52.1 Å². The monoisotopic (exact) mass is 458 g/mol. The number of aromatic nitrogens is 2. The molecular formula is C28H27ClN2O2. The van der Waals surface area contributed by atoms with Gasteiger partial charge >= 0.3 is 0 Å². The molecule has 0 aliphatic carbocycles. The number of nitrogens with zero attached hydrogens (tertiary/aromatic N) is 2. The largest absolute Gasteiger partial charge is 0.360 e. The van der Waals surface area contributed by atoms with Crippen molar-refractivity contribution < 1.29 is 9.53 Å². The predicted octanol–water partition coefficient (Wildman–Crippen LogP) is 7.37. The average Bonchev–Trinajstić information content (AvgIpc) is 2.77. The number of rotatable bonds is 5. The van der Waals surface area contributed by atoms with Crippen LogP contribution < -0.4 is 0 Å². The van der Waals surface area contributed by atoms with Gasteiger partial charge in [0.05, 0.1) is 16.8 Å². The number of halogens is 1. The van der Waals surface area contributed by atoms with Crippen molar-refractivity contribution in [2.45, 2.75) is 46.3 Å². The van der Waals surface area contributed by atoms with E-state index in [-0.39, 0.29) is 5.78 Å². The van der Waals surface area contributed by atoms with Crippen molar-refractivity contribution in [1.29, 1.82) is 0 Å². The van der Waals surface area contributed by atoms with Crippen LogP contribution in [-0.4, -0.2) is 21.4 Å². The van der Waals surface area contributed by atoms with Gasteiger partial charge in [0, 0.05) is 28.4 Å². The lowest BCUT2D eigenvalue weighted by atomic mass is 9.87. The zero-order valence-electron chi connectivity index (χ0n) is 19.5. The fourth-order valence-corrected chi connectivity index (χ4v) is 4.20. The van der Waals surface area contributed by atoms with Gasteiger partial charge < -0.3 is 4.74 Å². The molecule has 0 amide bonds. The molecule has 5 heteroatoms. The van der Waals surface area contributed by atoms with Gasteiger partial charge in [-0.25, -0.2) is 4.98 Å². The number of carbonyl (C=O) groups excluding carboxylic acids is 1. The summed E-state index contributed by atoms with van der Waals surface area (Å²) in [5, 5.41) is 1.61. The minimum absolute atomic E-state index is 0.0380. The van der Waals surface area contributed by atoms with E-state index >= 15 is 0 Å². The highest BCUT2D eigenvalue weighted by molar-refractivity contribution is 6.30. The van der Waals surface area contributed by atoms with Gasteiger partial charge in [-0.15, -0.1) is 0 Å². The molecule has 0 fully saturated rings. The number of hydrogen-bond acceptors (Lipinski definition) is 4. The quantitative estimate of drug-likeness (QED) is 0.313. The number of benzene rings is 2. The molecule has 2 aromatic carbocycles. The zero-order chi connectivity index (χ0) is 23.8. The molecule has 0 saturated carbocycles. The number of carbonyl (C=O) groups is 1. The first-order valence-electron chi connectivity index (χ1n) is 10.9. The Kier molecular flexibility index (Phi) is 6.33. The molecule has 0 N–H and O–H groups in total. The number of aryl methyl sites for hydroxylation is 1. The smallest absolute Gasteiger partial charge is 0.163 e. The lowest BCUT2D eigenvalue weighted by Crippen LogP contribution is -2.27. The van der Waals surface area contributed by atoms with Gasteiger partial charge in [0.25, 0.3) is 0 Å². The van der Waals surface area contributed by atoms with Gasteiger partial charge in [-0.1, -0.05) is 29.8 Å². The Morgan fingerprint density at radius 2 is 1.64 bits per heavy atom. The first kappa shape index (κ1) is 23.1. The number of ketones is 1. The maximum Gasteiger partial charge on any atom is 0.163 e.